The molecule has 1 aromatic carbocycles. The van der Waals surface area contributed by atoms with E-state index in [0.717, 1.165) is 12.1 Å². The third kappa shape index (κ3) is 1.31. The molecule has 1 aliphatic heterocycles. The zero-order valence-electron chi connectivity index (χ0n) is 7.38. The molecule has 2 nitrogen and oxygen atoms in total. The molecule has 13 heavy (non-hydrogen) atoms. The van der Waals surface area contributed by atoms with Gasteiger partial charge >= 0.3 is 0 Å². The molecule has 0 saturated heterocycles. The second-order valence-corrected chi connectivity index (χ2v) is 3.59. The molecule has 2 rings (SSSR count). The number of amides is 1. The summed E-state index contributed by atoms with van der Waals surface area (Å²) in [5.41, 5.74) is 3.24. The average molecular weight is 196 g/mol. The lowest BCUT2D eigenvalue weighted by molar-refractivity contribution is -0.117. The normalized spacial score (nSPS) is 15.8. The first-order valence-electron chi connectivity index (χ1n) is 4.27. The van der Waals surface area contributed by atoms with Gasteiger partial charge in [-0.05, 0) is 30.5 Å². The lowest BCUT2D eigenvalue weighted by Crippen LogP contribution is -2.26. The highest BCUT2D eigenvalue weighted by Gasteiger charge is 2.23. The summed E-state index contributed by atoms with van der Waals surface area (Å²) in [5, 5.41) is 0. The molecule has 0 aliphatic carbocycles. The van der Waals surface area contributed by atoms with E-state index in [0.29, 0.717) is 6.42 Å². The van der Waals surface area contributed by atoms with Gasteiger partial charge in [0.25, 0.3) is 0 Å². The van der Waals surface area contributed by atoms with E-state index in [1.807, 2.05) is 25.1 Å². The first-order valence-corrected chi connectivity index (χ1v) is 4.61. The third-order valence-electron chi connectivity index (χ3n) is 2.40. The Morgan fingerprint density at radius 3 is 2.92 bits per heavy atom. The van der Waals surface area contributed by atoms with Crippen molar-refractivity contribution in [3.63, 3.8) is 0 Å². The van der Waals surface area contributed by atoms with Gasteiger partial charge in [0.2, 0.25) is 5.91 Å². The molecular formula is C10H10ClNO. The van der Waals surface area contributed by atoms with Crippen LogP contribution in [0.5, 0.6) is 0 Å². The van der Waals surface area contributed by atoms with Crippen LogP contribution in [0.25, 0.3) is 0 Å². The van der Waals surface area contributed by atoms with Gasteiger partial charge in [0.1, 0.15) is 0 Å². The molecule has 3 heteroatoms. The van der Waals surface area contributed by atoms with Gasteiger partial charge in [0, 0.05) is 18.2 Å². The minimum absolute atomic E-state index is 0.0141. The van der Waals surface area contributed by atoms with Crippen LogP contribution in [0.2, 0.25) is 0 Å². The van der Waals surface area contributed by atoms with Crippen molar-refractivity contribution in [3.8, 4) is 0 Å². The van der Waals surface area contributed by atoms with Crippen molar-refractivity contribution in [1.82, 2.24) is 0 Å². The summed E-state index contributed by atoms with van der Waals surface area (Å²) < 4.78 is 1.23. The number of anilines is 1. The van der Waals surface area contributed by atoms with Gasteiger partial charge in [0.05, 0.1) is 5.69 Å². The number of aryl methyl sites for hydroxylation is 1. The maximum Gasteiger partial charge on any atom is 0.241 e. The smallest absolute Gasteiger partial charge is 0.241 e. The molecule has 68 valence electrons. The van der Waals surface area contributed by atoms with Crippen LogP contribution in [0.15, 0.2) is 18.2 Å². The second kappa shape index (κ2) is 3.04. The van der Waals surface area contributed by atoms with Crippen LogP contribution < -0.4 is 4.42 Å². The van der Waals surface area contributed by atoms with Gasteiger partial charge < -0.3 is 0 Å². The number of halogens is 1. The van der Waals surface area contributed by atoms with Crippen LogP contribution in [-0.2, 0) is 11.2 Å². The molecule has 1 aromatic rings. The Bertz CT molecular complexity index is 362. The zero-order valence-corrected chi connectivity index (χ0v) is 8.14. The van der Waals surface area contributed by atoms with E-state index < -0.39 is 0 Å². The average Bonchev–Trinajstić information content (AvgIpc) is 2.12. The van der Waals surface area contributed by atoms with E-state index in [-0.39, 0.29) is 5.91 Å². The van der Waals surface area contributed by atoms with Crippen LogP contribution in [0.4, 0.5) is 5.69 Å². The first kappa shape index (κ1) is 8.57. The zero-order chi connectivity index (χ0) is 9.42. The molecule has 0 N–H and O–H groups in total. The standard InChI is InChI=1S/C10H10ClNO/c1-7-3-2-4-9-8(7)5-6-10(13)12(9)11/h2-4H,5-6H2,1H3. The molecule has 0 spiro atoms. The number of benzene rings is 1. The Balaban J connectivity index is 2.55. The Morgan fingerprint density at radius 1 is 1.38 bits per heavy atom. The summed E-state index contributed by atoms with van der Waals surface area (Å²) in [6, 6.07) is 5.84. The fraction of sp³-hybridized carbons (Fsp3) is 0.300. The molecule has 0 atom stereocenters. The number of rotatable bonds is 0. The topological polar surface area (TPSA) is 20.3 Å². The van der Waals surface area contributed by atoms with E-state index in [2.05, 4.69) is 0 Å². The summed E-state index contributed by atoms with van der Waals surface area (Å²) in [6.45, 7) is 2.04. The lowest BCUT2D eigenvalue weighted by Gasteiger charge is -2.23. The van der Waals surface area contributed by atoms with Crippen LogP contribution in [0.3, 0.4) is 0 Å². The number of hydrogen-bond donors (Lipinski definition) is 0. The Kier molecular flexibility index (Phi) is 2.00. The minimum Gasteiger partial charge on any atom is -0.273 e. The van der Waals surface area contributed by atoms with Crippen LogP contribution in [-0.4, -0.2) is 5.91 Å². The molecule has 0 saturated carbocycles. The molecular weight excluding hydrogens is 186 g/mol. The molecule has 1 aliphatic rings. The highest BCUT2D eigenvalue weighted by atomic mass is 35.5. The molecule has 1 heterocycles. The van der Waals surface area contributed by atoms with Crippen molar-refractivity contribution in [2.45, 2.75) is 19.8 Å². The molecule has 0 radical (unpaired) electrons. The van der Waals surface area contributed by atoms with Gasteiger partial charge in [-0.25, -0.2) is 4.42 Å². The maximum atomic E-state index is 11.3. The van der Waals surface area contributed by atoms with Crippen LogP contribution in [0, 0.1) is 6.92 Å². The maximum absolute atomic E-state index is 11.3. The fourth-order valence-corrected chi connectivity index (χ4v) is 1.90. The van der Waals surface area contributed by atoms with E-state index in [4.69, 9.17) is 11.8 Å². The Morgan fingerprint density at radius 2 is 2.15 bits per heavy atom. The van der Waals surface area contributed by atoms with Crippen molar-refractivity contribution in [2.75, 3.05) is 4.42 Å². The lowest BCUT2D eigenvalue weighted by atomic mass is 9.98. The van der Waals surface area contributed by atoms with E-state index in [9.17, 15) is 4.79 Å². The van der Waals surface area contributed by atoms with Crippen molar-refractivity contribution < 1.29 is 4.79 Å². The predicted molar refractivity (Wildman–Crippen MR) is 52.8 cm³/mol. The quantitative estimate of drug-likeness (QED) is 0.583. The summed E-state index contributed by atoms with van der Waals surface area (Å²) in [7, 11) is 0. The van der Waals surface area contributed by atoms with E-state index in [1.54, 1.807) is 0 Å². The molecule has 0 aromatic heterocycles. The molecule has 0 bridgehead atoms. The first-order chi connectivity index (χ1) is 6.20. The largest absolute Gasteiger partial charge is 0.273 e. The number of fused-ring (bicyclic) bond motifs is 1. The summed E-state index contributed by atoms with van der Waals surface area (Å²) in [6.07, 6.45) is 1.32. The van der Waals surface area contributed by atoms with Crippen molar-refractivity contribution in [1.29, 1.82) is 0 Å². The van der Waals surface area contributed by atoms with Gasteiger partial charge in [0.15, 0.2) is 0 Å². The summed E-state index contributed by atoms with van der Waals surface area (Å²) in [4.78, 5) is 11.3. The Hall–Kier alpha value is -1.02. The van der Waals surface area contributed by atoms with Crippen molar-refractivity contribution >= 4 is 23.4 Å². The van der Waals surface area contributed by atoms with Gasteiger partial charge in [-0.3, -0.25) is 4.79 Å². The monoisotopic (exact) mass is 195 g/mol. The highest BCUT2D eigenvalue weighted by molar-refractivity contribution is 6.37. The number of hydrogen-bond acceptors (Lipinski definition) is 1. The third-order valence-corrected chi connectivity index (χ3v) is 2.78. The highest BCUT2D eigenvalue weighted by Crippen LogP contribution is 2.31. The predicted octanol–water partition coefficient (Wildman–Crippen LogP) is 2.43. The molecule has 0 unspecified atom stereocenters. The number of carbonyl (C=O) groups excluding carboxylic acids is 1. The second-order valence-electron chi connectivity index (χ2n) is 3.25. The van der Waals surface area contributed by atoms with Gasteiger partial charge in [-0.2, -0.15) is 0 Å². The number of carbonyl (C=O) groups is 1. The van der Waals surface area contributed by atoms with E-state index in [1.165, 1.54) is 15.5 Å². The van der Waals surface area contributed by atoms with E-state index >= 15 is 0 Å². The molecule has 0 fully saturated rings. The van der Waals surface area contributed by atoms with Gasteiger partial charge in [-0.1, -0.05) is 12.1 Å². The fourth-order valence-electron chi connectivity index (χ4n) is 1.66. The van der Waals surface area contributed by atoms with Gasteiger partial charge in [-0.15, -0.1) is 0 Å². The Labute approximate surface area is 82.2 Å². The van der Waals surface area contributed by atoms with Crippen molar-refractivity contribution in [3.05, 3.63) is 29.3 Å². The summed E-state index contributed by atoms with van der Waals surface area (Å²) in [5.74, 6) is -0.0141. The number of nitrogens with zero attached hydrogens (tertiary/aromatic N) is 1. The SMILES string of the molecule is Cc1cccc2c1CCC(=O)N2Cl. The summed E-state index contributed by atoms with van der Waals surface area (Å²) >= 11 is 5.85. The van der Waals surface area contributed by atoms with Crippen LogP contribution in [0.1, 0.15) is 17.5 Å². The van der Waals surface area contributed by atoms with Crippen LogP contribution >= 0.6 is 11.8 Å². The minimum atomic E-state index is -0.0141. The molecule has 1 amide bonds. The van der Waals surface area contributed by atoms with Crippen molar-refractivity contribution in [2.24, 2.45) is 0 Å².